The Hall–Kier alpha value is -4.39. The molecule has 4 aliphatic rings. The van der Waals surface area contributed by atoms with Gasteiger partial charge in [-0.3, -0.25) is 39.1 Å². The number of nitrogens with zero attached hydrogens (tertiary/aromatic N) is 8. The van der Waals surface area contributed by atoms with E-state index in [1.165, 1.54) is 15.9 Å². The molecular weight excluding hydrogens is 924 g/mol. The van der Waals surface area contributed by atoms with Crippen LogP contribution in [0.3, 0.4) is 0 Å². The summed E-state index contributed by atoms with van der Waals surface area (Å²) >= 11 is 5.53. The van der Waals surface area contributed by atoms with Crippen molar-refractivity contribution in [1.29, 1.82) is 5.26 Å². The number of nitrogens with one attached hydrogen (secondary N) is 2. The number of carbonyl (C=O) groups is 4. The van der Waals surface area contributed by atoms with Crippen LogP contribution in [0.25, 0.3) is 10.9 Å². The molecule has 1 aliphatic carbocycles. The number of para-hydroxylation sites is 1. The first-order valence-electron chi connectivity index (χ1n) is 20.5. The number of nitriles is 1. The van der Waals surface area contributed by atoms with Crippen LogP contribution in [0.2, 0.25) is 0 Å². The van der Waals surface area contributed by atoms with E-state index in [2.05, 4.69) is 46.3 Å². The van der Waals surface area contributed by atoms with Gasteiger partial charge in [-0.25, -0.2) is 4.79 Å². The monoisotopic (exact) mass is 982 g/mol. The highest BCUT2D eigenvalue weighted by molar-refractivity contribution is 14.0. The summed E-state index contributed by atoms with van der Waals surface area (Å²) in [6.45, 7) is 13.7. The molecule has 1 unspecified atom stereocenters. The zero-order valence-corrected chi connectivity index (χ0v) is 38.5. The number of alkyl halides is 3. The van der Waals surface area contributed by atoms with Gasteiger partial charge >= 0.3 is 12.2 Å². The molecule has 61 heavy (non-hydrogen) atoms. The van der Waals surface area contributed by atoms with Gasteiger partial charge in [0.2, 0.25) is 11.8 Å². The van der Waals surface area contributed by atoms with E-state index >= 15 is 0 Å². The van der Waals surface area contributed by atoms with Gasteiger partial charge in [0.1, 0.15) is 5.54 Å². The zero-order chi connectivity index (χ0) is 43.7. The van der Waals surface area contributed by atoms with E-state index in [1.54, 1.807) is 31.6 Å². The summed E-state index contributed by atoms with van der Waals surface area (Å²) in [5.41, 5.74) is -1.04. The molecule has 7 rings (SSSR count). The number of anilines is 3. The van der Waals surface area contributed by atoms with Crippen molar-refractivity contribution in [3.63, 3.8) is 0 Å². The molecule has 19 heteroatoms. The molecule has 14 nitrogen and oxygen atoms in total. The van der Waals surface area contributed by atoms with E-state index < -0.39 is 28.9 Å². The number of hydrogen-bond acceptors (Lipinski definition) is 9. The number of urea groups is 1. The molecule has 0 bridgehead atoms. The Morgan fingerprint density at radius 2 is 1.75 bits per heavy atom. The van der Waals surface area contributed by atoms with Gasteiger partial charge < -0.3 is 15.1 Å². The largest absolute Gasteiger partial charge is 0.417 e. The zero-order valence-electron chi connectivity index (χ0n) is 35.3. The van der Waals surface area contributed by atoms with Gasteiger partial charge in [-0.2, -0.15) is 23.5 Å². The van der Waals surface area contributed by atoms with Gasteiger partial charge in [0, 0.05) is 59.5 Å². The van der Waals surface area contributed by atoms with Crippen LogP contribution in [-0.4, -0.2) is 110 Å². The summed E-state index contributed by atoms with van der Waals surface area (Å²) in [5.74, 6) is -0.239. The first kappa shape index (κ1) is 47.7. The van der Waals surface area contributed by atoms with Crippen molar-refractivity contribution in [3.8, 4) is 6.07 Å². The Balaban J connectivity index is 0.000000326. The van der Waals surface area contributed by atoms with Crippen LogP contribution in [0.5, 0.6) is 0 Å². The third-order valence-corrected chi connectivity index (χ3v) is 12.2. The smallest absolute Gasteiger partial charge is 0.331 e. The molecule has 3 aromatic rings. The van der Waals surface area contributed by atoms with Gasteiger partial charge in [0.05, 0.1) is 40.6 Å². The number of piperazine rings is 1. The van der Waals surface area contributed by atoms with Crippen LogP contribution in [0, 0.1) is 11.3 Å². The highest BCUT2D eigenvalue weighted by atomic mass is 127. The number of aryl methyl sites for hydroxylation is 1. The Morgan fingerprint density at radius 3 is 2.36 bits per heavy atom. The average Bonchev–Trinajstić information content (AvgIpc) is 3.61. The standard InChI is InChI=1S/C23H33N7O3.C19H20F3N3OS.HI.2H2/c1-5-10-28-12-15(2)30(16(3)13-28)14-20(32)24-18-8-6-7-17-21(18)27(4)26-22(17)29-11-9-19(31)25-23(29)33;1-18(2)16(26)24(17(27)25(18)13-6-4-3-5-7-13)14-9-8-12(11-23)15(10-14)19(20,21)22;;;/h6-8,15-16H,5,9-14H2,1-4H3,(H,24,32)(H,25,31,33);8-10,13H,3-7H2,1-2H3;3*1H/t15-,16?;;;;/m0..../s1. The molecule has 5 amide bonds. The maximum Gasteiger partial charge on any atom is 0.417 e. The second-order valence-electron chi connectivity index (χ2n) is 16.6. The molecule has 1 saturated carbocycles. The van der Waals surface area contributed by atoms with Crippen molar-refractivity contribution in [2.45, 2.75) is 109 Å². The lowest BCUT2D eigenvalue weighted by Crippen LogP contribution is -2.58. The fraction of sp³-hybridized carbons (Fsp3) is 0.548. The quantitative estimate of drug-likeness (QED) is 0.172. The number of amides is 5. The predicted molar refractivity (Wildman–Crippen MR) is 246 cm³/mol. The second-order valence-corrected chi connectivity index (χ2v) is 16.9. The van der Waals surface area contributed by atoms with Crippen LogP contribution in [-0.2, 0) is 27.6 Å². The number of imide groups is 1. The summed E-state index contributed by atoms with van der Waals surface area (Å²) in [4.78, 5) is 59.2. The lowest BCUT2D eigenvalue weighted by molar-refractivity contribution is -0.137. The number of rotatable bonds is 8. The summed E-state index contributed by atoms with van der Waals surface area (Å²) in [5, 5.41) is 19.9. The van der Waals surface area contributed by atoms with Gasteiger partial charge in [0.15, 0.2) is 10.9 Å². The molecule has 334 valence electrons. The molecule has 1 aromatic heterocycles. The fourth-order valence-electron chi connectivity index (χ4n) is 9.01. The minimum Gasteiger partial charge on any atom is -0.331 e. The summed E-state index contributed by atoms with van der Waals surface area (Å²) < 4.78 is 41.6. The van der Waals surface area contributed by atoms with Crippen molar-refractivity contribution in [1.82, 2.24) is 29.8 Å². The number of aromatic nitrogens is 2. The molecule has 3 aliphatic heterocycles. The topological polar surface area (TPSA) is 150 Å². The predicted octanol–water partition coefficient (Wildman–Crippen LogP) is 7.49. The number of hydrogen-bond donors (Lipinski definition) is 2. The third kappa shape index (κ3) is 9.97. The first-order chi connectivity index (χ1) is 28.4. The van der Waals surface area contributed by atoms with E-state index in [9.17, 15) is 32.3 Å². The summed E-state index contributed by atoms with van der Waals surface area (Å²) in [6.07, 6.45) is 1.71. The molecule has 0 spiro atoms. The molecule has 2 aromatic carbocycles. The van der Waals surface area contributed by atoms with Crippen LogP contribution in [0.4, 0.5) is 35.2 Å². The van der Waals surface area contributed by atoms with Crippen molar-refractivity contribution in [2.75, 3.05) is 47.8 Å². The highest BCUT2D eigenvalue weighted by Crippen LogP contribution is 2.40. The molecule has 3 saturated heterocycles. The van der Waals surface area contributed by atoms with Gasteiger partial charge in [-0.15, -0.1) is 24.0 Å². The lowest BCUT2D eigenvalue weighted by Gasteiger charge is -2.44. The second kappa shape index (κ2) is 19.3. The number of fused-ring (bicyclic) bond motifs is 1. The van der Waals surface area contributed by atoms with Crippen molar-refractivity contribution in [2.24, 2.45) is 7.05 Å². The molecule has 2 atom stereocenters. The number of thiocarbonyl (C=S) groups is 1. The maximum absolute atomic E-state index is 13.3. The van der Waals surface area contributed by atoms with E-state index in [1.807, 2.05) is 23.1 Å². The SMILES string of the molecule is CC1(C)C(=O)N(c2ccc(C#N)c(C(F)(F)F)c2)C(=S)N1C1CCCCC1.CCCN1CC(C)N(CC(=O)Nc2cccc3c(N4CCC(=O)NC4=O)nn(C)c23)[C@@H](C)C1.I.[HH].[HH]. The van der Waals surface area contributed by atoms with Crippen LogP contribution in [0.15, 0.2) is 36.4 Å². The summed E-state index contributed by atoms with van der Waals surface area (Å²) in [7, 11) is 1.78. The molecule has 4 fully saturated rings. The van der Waals surface area contributed by atoms with Crippen LogP contribution in [0.1, 0.15) is 93.5 Å². The van der Waals surface area contributed by atoms with E-state index in [0.29, 0.717) is 30.1 Å². The van der Waals surface area contributed by atoms with Crippen molar-refractivity contribution < 1.29 is 35.2 Å². The van der Waals surface area contributed by atoms with Crippen LogP contribution < -0.4 is 20.4 Å². The Morgan fingerprint density at radius 1 is 1.08 bits per heavy atom. The average molecular weight is 983 g/mol. The minimum atomic E-state index is -4.69. The molecule has 2 N–H and O–H groups in total. The van der Waals surface area contributed by atoms with Gasteiger partial charge in [-0.05, 0) is 96.1 Å². The third-order valence-electron chi connectivity index (χ3n) is 11.8. The maximum atomic E-state index is 13.3. The van der Waals surface area contributed by atoms with E-state index in [-0.39, 0.29) is 74.4 Å². The van der Waals surface area contributed by atoms with Crippen LogP contribution >= 0.6 is 36.2 Å². The Kier molecular flexibility index (Phi) is 15.1. The van der Waals surface area contributed by atoms with Gasteiger partial charge in [-0.1, -0.05) is 32.3 Å². The van der Waals surface area contributed by atoms with E-state index in [0.717, 1.165) is 81.2 Å². The fourth-order valence-corrected chi connectivity index (χ4v) is 9.58. The Labute approximate surface area is 379 Å². The minimum absolute atomic E-state index is 0. The number of benzene rings is 2. The highest BCUT2D eigenvalue weighted by Gasteiger charge is 2.52. The molecular formula is C42H58F3IN10O4S. The normalized spacial score (nSPS) is 21.5. The van der Waals surface area contributed by atoms with Crippen molar-refractivity contribution >= 4 is 93.2 Å². The molecule has 4 heterocycles. The first-order valence-corrected chi connectivity index (χ1v) is 20.9. The molecule has 0 radical (unpaired) electrons. The van der Waals surface area contributed by atoms with E-state index in [4.69, 9.17) is 17.5 Å². The van der Waals surface area contributed by atoms with Crippen molar-refractivity contribution in [3.05, 3.63) is 47.5 Å². The Bertz CT molecular complexity index is 2210. The lowest BCUT2D eigenvalue weighted by atomic mass is 9.91. The summed E-state index contributed by atoms with van der Waals surface area (Å²) in [6, 6.07) is 10.6. The number of halogens is 4. The van der Waals surface area contributed by atoms with Gasteiger partial charge in [0.25, 0.3) is 5.91 Å². The number of carbonyl (C=O) groups excluding carboxylic acids is 4.